The lowest BCUT2D eigenvalue weighted by atomic mass is 10.0. The number of benzene rings is 1. The van der Waals surface area contributed by atoms with Crippen molar-refractivity contribution in [3.63, 3.8) is 0 Å². The zero-order valence-electron chi connectivity index (χ0n) is 12.4. The Hall–Kier alpha value is -0.770. The van der Waals surface area contributed by atoms with Gasteiger partial charge in [0.2, 0.25) is 0 Å². The summed E-state index contributed by atoms with van der Waals surface area (Å²) in [5, 5.41) is 0.798. The smallest absolute Gasteiger partial charge is 0.0750 e. The lowest BCUT2D eigenvalue weighted by Crippen LogP contribution is -2.30. The molecular weight excluding hydrogens is 272 g/mol. The SMILES string of the molecule is CCC(N)Cc1cccc(Cl)c1N(C)CC1CCCO1. The molecule has 2 atom stereocenters. The molecule has 20 heavy (non-hydrogen) atoms. The minimum Gasteiger partial charge on any atom is -0.376 e. The number of anilines is 1. The van der Waals surface area contributed by atoms with Crippen molar-refractivity contribution in [2.24, 2.45) is 5.73 Å². The molecule has 1 heterocycles. The van der Waals surface area contributed by atoms with Crippen LogP contribution in [0.15, 0.2) is 18.2 Å². The predicted molar refractivity (Wildman–Crippen MR) is 85.7 cm³/mol. The molecule has 0 aromatic heterocycles. The van der Waals surface area contributed by atoms with E-state index >= 15 is 0 Å². The minimum absolute atomic E-state index is 0.184. The molecule has 0 spiro atoms. The normalized spacial score (nSPS) is 20.1. The Morgan fingerprint density at radius 2 is 2.30 bits per heavy atom. The monoisotopic (exact) mass is 296 g/mol. The number of ether oxygens (including phenoxy) is 1. The highest BCUT2D eigenvalue weighted by molar-refractivity contribution is 6.33. The van der Waals surface area contributed by atoms with Crippen molar-refractivity contribution in [1.29, 1.82) is 0 Å². The molecule has 2 rings (SSSR count). The van der Waals surface area contributed by atoms with Crippen molar-refractivity contribution in [2.45, 2.75) is 44.8 Å². The van der Waals surface area contributed by atoms with Gasteiger partial charge in [0, 0.05) is 26.2 Å². The molecule has 2 N–H and O–H groups in total. The Morgan fingerprint density at radius 3 is 2.95 bits per heavy atom. The number of para-hydroxylation sites is 1. The molecule has 3 nitrogen and oxygen atoms in total. The van der Waals surface area contributed by atoms with Crippen LogP contribution in [-0.2, 0) is 11.2 Å². The van der Waals surface area contributed by atoms with Gasteiger partial charge in [0.25, 0.3) is 0 Å². The summed E-state index contributed by atoms with van der Waals surface area (Å²) in [6.45, 7) is 3.89. The van der Waals surface area contributed by atoms with Crippen molar-refractivity contribution >= 4 is 17.3 Å². The molecule has 0 saturated carbocycles. The average molecular weight is 297 g/mol. The molecule has 1 saturated heterocycles. The summed E-state index contributed by atoms with van der Waals surface area (Å²) in [4.78, 5) is 2.22. The molecule has 4 heteroatoms. The number of likely N-dealkylation sites (N-methyl/N-ethyl adjacent to an activating group) is 1. The van der Waals surface area contributed by atoms with Crippen LogP contribution in [0.5, 0.6) is 0 Å². The standard InChI is InChI=1S/C16H25ClN2O/c1-3-13(18)10-12-6-4-8-15(17)16(12)19(2)11-14-7-5-9-20-14/h4,6,8,13-14H,3,5,7,9-11,18H2,1-2H3. The van der Waals surface area contributed by atoms with E-state index in [1.807, 2.05) is 12.1 Å². The lowest BCUT2D eigenvalue weighted by molar-refractivity contribution is 0.116. The van der Waals surface area contributed by atoms with Gasteiger partial charge in [-0.15, -0.1) is 0 Å². The number of hydrogen-bond donors (Lipinski definition) is 1. The second kappa shape index (κ2) is 7.30. The van der Waals surface area contributed by atoms with Crippen LogP contribution in [0.1, 0.15) is 31.7 Å². The van der Waals surface area contributed by atoms with Gasteiger partial charge >= 0.3 is 0 Å². The largest absolute Gasteiger partial charge is 0.376 e. The summed E-state index contributed by atoms with van der Waals surface area (Å²) in [7, 11) is 2.09. The molecule has 1 aromatic carbocycles. The van der Waals surface area contributed by atoms with Crippen LogP contribution >= 0.6 is 11.6 Å². The first-order valence-corrected chi connectivity index (χ1v) is 7.85. The van der Waals surface area contributed by atoms with E-state index in [9.17, 15) is 0 Å². The fraction of sp³-hybridized carbons (Fsp3) is 0.625. The van der Waals surface area contributed by atoms with Gasteiger partial charge in [0.05, 0.1) is 16.8 Å². The number of rotatable bonds is 6. The Bertz CT molecular complexity index is 432. The number of nitrogens with zero attached hydrogens (tertiary/aromatic N) is 1. The van der Waals surface area contributed by atoms with Crippen LogP contribution in [0.4, 0.5) is 5.69 Å². The highest BCUT2D eigenvalue weighted by Gasteiger charge is 2.20. The van der Waals surface area contributed by atoms with Crippen molar-refractivity contribution < 1.29 is 4.74 Å². The zero-order valence-corrected chi connectivity index (χ0v) is 13.2. The third-order valence-electron chi connectivity index (χ3n) is 3.96. The highest BCUT2D eigenvalue weighted by Crippen LogP contribution is 2.31. The van der Waals surface area contributed by atoms with Crippen molar-refractivity contribution in [3.05, 3.63) is 28.8 Å². The first-order chi connectivity index (χ1) is 9.61. The van der Waals surface area contributed by atoms with Crippen molar-refractivity contribution in [2.75, 3.05) is 25.1 Å². The summed E-state index contributed by atoms with van der Waals surface area (Å²) in [5.41, 5.74) is 8.44. The molecule has 2 unspecified atom stereocenters. The molecular formula is C16H25ClN2O. The zero-order chi connectivity index (χ0) is 14.5. The molecule has 1 aromatic rings. The van der Waals surface area contributed by atoms with E-state index in [1.165, 1.54) is 5.56 Å². The van der Waals surface area contributed by atoms with Crippen LogP contribution in [0.3, 0.4) is 0 Å². The maximum atomic E-state index is 6.41. The Morgan fingerprint density at radius 1 is 1.50 bits per heavy atom. The third-order valence-corrected chi connectivity index (χ3v) is 4.27. The van der Waals surface area contributed by atoms with Crippen LogP contribution in [0, 0.1) is 0 Å². The second-order valence-corrected chi connectivity index (χ2v) is 6.04. The van der Waals surface area contributed by atoms with E-state index in [0.29, 0.717) is 6.10 Å². The fourth-order valence-electron chi connectivity index (χ4n) is 2.76. The second-order valence-electron chi connectivity index (χ2n) is 5.64. The van der Waals surface area contributed by atoms with Crippen LogP contribution in [-0.4, -0.2) is 32.3 Å². The summed E-state index contributed by atoms with van der Waals surface area (Å²) in [5.74, 6) is 0. The van der Waals surface area contributed by atoms with E-state index in [-0.39, 0.29) is 6.04 Å². The molecule has 1 fully saturated rings. The Balaban J connectivity index is 2.15. The van der Waals surface area contributed by atoms with Gasteiger partial charge in [0.15, 0.2) is 0 Å². The van der Waals surface area contributed by atoms with Crippen LogP contribution in [0.25, 0.3) is 0 Å². The molecule has 1 aliphatic rings. The summed E-state index contributed by atoms with van der Waals surface area (Å²) in [6.07, 6.45) is 4.46. The van der Waals surface area contributed by atoms with Gasteiger partial charge in [0.1, 0.15) is 0 Å². The Labute approximate surface area is 127 Å². The number of halogens is 1. The van der Waals surface area contributed by atoms with E-state index in [4.69, 9.17) is 22.1 Å². The topological polar surface area (TPSA) is 38.5 Å². The molecule has 0 amide bonds. The van der Waals surface area contributed by atoms with Gasteiger partial charge in [-0.1, -0.05) is 30.7 Å². The quantitative estimate of drug-likeness (QED) is 0.876. The third kappa shape index (κ3) is 3.87. The van der Waals surface area contributed by atoms with E-state index in [0.717, 1.165) is 49.5 Å². The van der Waals surface area contributed by atoms with E-state index in [2.05, 4.69) is 24.9 Å². The van der Waals surface area contributed by atoms with Gasteiger partial charge in [-0.05, 0) is 37.3 Å². The summed E-state index contributed by atoms with van der Waals surface area (Å²) >= 11 is 6.41. The minimum atomic E-state index is 0.184. The average Bonchev–Trinajstić information content (AvgIpc) is 2.91. The molecule has 0 radical (unpaired) electrons. The number of nitrogens with two attached hydrogens (primary N) is 1. The van der Waals surface area contributed by atoms with Gasteiger partial charge in [-0.2, -0.15) is 0 Å². The molecule has 0 aliphatic carbocycles. The maximum Gasteiger partial charge on any atom is 0.0750 e. The predicted octanol–water partition coefficient (Wildman–Crippen LogP) is 3.24. The van der Waals surface area contributed by atoms with Crippen molar-refractivity contribution in [3.8, 4) is 0 Å². The molecule has 112 valence electrons. The van der Waals surface area contributed by atoms with E-state index in [1.54, 1.807) is 0 Å². The maximum absolute atomic E-state index is 6.41. The first kappa shape index (κ1) is 15.6. The van der Waals surface area contributed by atoms with E-state index < -0.39 is 0 Å². The number of hydrogen-bond acceptors (Lipinski definition) is 3. The summed E-state index contributed by atoms with van der Waals surface area (Å²) in [6, 6.07) is 6.26. The Kier molecular flexibility index (Phi) is 5.70. The van der Waals surface area contributed by atoms with Crippen LogP contribution in [0.2, 0.25) is 5.02 Å². The van der Waals surface area contributed by atoms with Crippen molar-refractivity contribution in [1.82, 2.24) is 0 Å². The first-order valence-electron chi connectivity index (χ1n) is 7.47. The highest BCUT2D eigenvalue weighted by atomic mass is 35.5. The molecule has 0 bridgehead atoms. The van der Waals surface area contributed by atoms with Gasteiger partial charge in [-0.3, -0.25) is 0 Å². The van der Waals surface area contributed by atoms with Gasteiger partial charge < -0.3 is 15.4 Å². The van der Waals surface area contributed by atoms with Crippen LogP contribution < -0.4 is 10.6 Å². The fourth-order valence-corrected chi connectivity index (χ4v) is 3.10. The summed E-state index contributed by atoms with van der Waals surface area (Å²) < 4.78 is 5.72. The van der Waals surface area contributed by atoms with Gasteiger partial charge in [-0.25, -0.2) is 0 Å². The molecule has 1 aliphatic heterocycles. The lowest BCUT2D eigenvalue weighted by Gasteiger charge is -2.27.